The summed E-state index contributed by atoms with van der Waals surface area (Å²) in [5.41, 5.74) is 0.186. The average molecular weight is 393 g/mol. The Morgan fingerprint density at radius 3 is 2.37 bits per heavy atom. The third-order valence-corrected chi connectivity index (χ3v) is 4.25. The summed E-state index contributed by atoms with van der Waals surface area (Å²) in [6, 6.07) is 7.77. The second kappa shape index (κ2) is 6.31. The molecule has 3 heterocycles. The van der Waals surface area contributed by atoms with Gasteiger partial charge in [-0.1, -0.05) is 11.6 Å². The van der Waals surface area contributed by atoms with E-state index in [1.807, 2.05) is 0 Å². The Labute approximate surface area is 155 Å². The zero-order chi connectivity index (χ0) is 19.2. The van der Waals surface area contributed by atoms with Crippen LogP contribution in [0.4, 0.5) is 17.6 Å². The zero-order valence-corrected chi connectivity index (χ0v) is 14.1. The normalized spacial score (nSPS) is 11.9. The maximum Gasteiger partial charge on any atom is 0.431 e. The number of nitrogens with zero attached hydrogens (tertiary/aromatic N) is 4. The van der Waals surface area contributed by atoms with Gasteiger partial charge in [0.2, 0.25) is 0 Å². The fraction of sp³-hybridized carbons (Fsp3) is 0.0556. The minimum absolute atomic E-state index is 0.00697. The number of aromatic nitrogens is 4. The predicted molar refractivity (Wildman–Crippen MR) is 91.6 cm³/mol. The number of alkyl halides is 3. The first kappa shape index (κ1) is 17.4. The van der Waals surface area contributed by atoms with Crippen LogP contribution in [0.2, 0.25) is 5.02 Å². The Bertz CT molecular complexity index is 1140. The predicted octanol–water partition coefficient (Wildman–Crippen LogP) is 5.27. The SMILES string of the molecule is Fc1ccc(-c2cc(C(F)(F)F)n3cnc(-c4ccncc4)c3n2)cc1Cl. The number of rotatable bonds is 2. The summed E-state index contributed by atoms with van der Waals surface area (Å²) in [5, 5.41) is -0.203. The van der Waals surface area contributed by atoms with Crippen LogP contribution in [0, 0.1) is 5.82 Å². The van der Waals surface area contributed by atoms with Crippen molar-refractivity contribution in [1.29, 1.82) is 0 Å². The summed E-state index contributed by atoms with van der Waals surface area (Å²) in [4.78, 5) is 12.3. The number of hydrogen-bond donors (Lipinski definition) is 0. The maximum absolute atomic E-state index is 13.6. The second-order valence-electron chi connectivity index (χ2n) is 5.68. The van der Waals surface area contributed by atoms with Crippen molar-refractivity contribution in [2.24, 2.45) is 0 Å². The van der Waals surface area contributed by atoms with E-state index in [1.54, 1.807) is 12.1 Å². The van der Waals surface area contributed by atoms with Crippen LogP contribution in [-0.4, -0.2) is 19.4 Å². The highest BCUT2D eigenvalue weighted by molar-refractivity contribution is 6.31. The minimum atomic E-state index is -4.64. The monoisotopic (exact) mass is 392 g/mol. The molecule has 0 aliphatic carbocycles. The zero-order valence-electron chi connectivity index (χ0n) is 13.4. The van der Waals surface area contributed by atoms with Crippen molar-refractivity contribution in [3.63, 3.8) is 0 Å². The maximum atomic E-state index is 13.6. The van der Waals surface area contributed by atoms with Crippen molar-refractivity contribution in [2.45, 2.75) is 6.18 Å². The standard InChI is InChI=1S/C18H9ClF4N4/c19-12-7-11(1-2-13(12)20)14-8-15(18(21,22)23)27-9-25-16(17(27)26-14)10-3-5-24-6-4-10/h1-9H. The number of pyridine rings is 1. The highest BCUT2D eigenvalue weighted by Gasteiger charge is 2.35. The summed E-state index contributed by atoms with van der Waals surface area (Å²) in [5.74, 6) is -0.667. The van der Waals surface area contributed by atoms with Crippen LogP contribution in [0.15, 0.2) is 55.1 Å². The number of fused-ring (bicyclic) bond motifs is 1. The third kappa shape index (κ3) is 3.12. The van der Waals surface area contributed by atoms with Gasteiger partial charge in [0.05, 0.1) is 10.7 Å². The number of hydrogen-bond acceptors (Lipinski definition) is 3. The quantitative estimate of drug-likeness (QED) is 0.436. The average Bonchev–Trinajstić information content (AvgIpc) is 3.07. The number of benzene rings is 1. The van der Waals surface area contributed by atoms with Gasteiger partial charge in [-0.3, -0.25) is 9.38 Å². The van der Waals surface area contributed by atoms with Gasteiger partial charge < -0.3 is 0 Å². The Kier molecular flexibility index (Phi) is 4.07. The fourth-order valence-corrected chi connectivity index (χ4v) is 2.89. The highest BCUT2D eigenvalue weighted by atomic mass is 35.5. The molecule has 0 N–H and O–H groups in total. The first-order chi connectivity index (χ1) is 12.8. The molecular weight excluding hydrogens is 384 g/mol. The van der Waals surface area contributed by atoms with Gasteiger partial charge in [-0.25, -0.2) is 14.4 Å². The lowest BCUT2D eigenvalue weighted by atomic mass is 10.1. The van der Waals surface area contributed by atoms with E-state index in [0.29, 0.717) is 5.56 Å². The summed E-state index contributed by atoms with van der Waals surface area (Å²) in [7, 11) is 0. The van der Waals surface area contributed by atoms with E-state index in [2.05, 4.69) is 15.0 Å². The molecule has 0 radical (unpaired) electrons. The molecule has 0 saturated heterocycles. The molecule has 3 aromatic heterocycles. The molecule has 9 heteroatoms. The van der Waals surface area contributed by atoms with E-state index in [4.69, 9.17) is 11.6 Å². The topological polar surface area (TPSA) is 43.1 Å². The van der Waals surface area contributed by atoms with Crippen LogP contribution in [-0.2, 0) is 6.18 Å². The lowest BCUT2D eigenvalue weighted by Gasteiger charge is -2.12. The molecule has 0 unspecified atom stereocenters. The molecule has 4 aromatic rings. The molecule has 136 valence electrons. The van der Waals surface area contributed by atoms with Gasteiger partial charge in [-0.15, -0.1) is 0 Å². The Hall–Kier alpha value is -3.00. The second-order valence-corrected chi connectivity index (χ2v) is 6.08. The lowest BCUT2D eigenvalue weighted by molar-refractivity contribution is -0.142. The van der Waals surface area contributed by atoms with Crippen LogP contribution in [0.1, 0.15) is 5.69 Å². The Morgan fingerprint density at radius 2 is 1.70 bits per heavy atom. The molecule has 0 spiro atoms. The Morgan fingerprint density at radius 1 is 0.963 bits per heavy atom. The van der Waals surface area contributed by atoms with Crippen molar-refractivity contribution in [2.75, 3.05) is 0 Å². The molecule has 0 saturated carbocycles. The smallest absolute Gasteiger partial charge is 0.278 e. The first-order valence-electron chi connectivity index (χ1n) is 7.66. The lowest BCUT2D eigenvalue weighted by Crippen LogP contribution is -2.12. The number of halogens is 5. The molecule has 0 amide bonds. The molecule has 0 aliphatic heterocycles. The largest absolute Gasteiger partial charge is 0.431 e. The summed E-state index contributed by atoms with van der Waals surface area (Å²) in [6.07, 6.45) is -0.554. The van der Waals surface area contributed by atoms with Gasteiger partial charge in [-0.05, 0) is 36.4 Å². The molecular formula is C18H9ClF4N4. The van der Waals surface area contributed by atoms with E-state index in [-0.39, 0.29) is 27.6 Å². The summed E-state index contributed by atoms with van der Waals surface area (Å²) < 4.78 is 55.1. The van der Waals surface area contributed by atoms with Crippen molar-refractivity contribution in [3.05, 3.63) is 71.7 Å². The van der Waals surface area contributed by atoms with Crippen LogP contribution in [0.5, 0.6) is 0 Å². The molecule has 4 nitrogen and oxygen atoms in total. The minimum Gasteiger partial charge on any atom is -0.278 e. The third-order valence-electron chi connectivity index (χ3n) is 3.96. The van der Waals surface area contributed by atoms with Gasteiger partial charge >= 0.3 is 6.18 Å². The van der Waals surface area contributed by atoms with Crippen LogP contribution >= 0.6 is 11.6 Å². The van der Waals surface area contributed by atoms with Crippen molar-refractivity contribution < 1.29 is 17.6 Å². The van der Waals surface area contributed by atoms with E-state index in [1.165, 1.54) is 24.5 Å². The fourth-order valence-electron chi connectivity index (χ4n) is 2.71. The number of imidazole rings is 1. The van der Waals surface area contributed by atoms with Gasteiger partial charge in [0, 0.05) is 23.5 Å². The van der Waals surface area contributed by atoms with Crippen molar-refractivity contribution in [1.82, 2.24) is 19.4 Å². The van der Waals surface area contributed by atoms with Gasteiger partial charge in [0.1, 0.15) is 23.5 Å². The molecule has 4 rings (SSSR count). The molecule has 0 aliphatic rings. The van der Waals surface area contributed by atoms with E-state index >= 15 is 0 Å². The summed E-state index contributed by atoms with van der Waals surface area (Å²) >= 11 is 5.77. The summed E-state index contributed by atoms with van der Waals surface area (Å²) in [6.45, 7) is 0. The Balaban J connectivity index is 2.01. The first-order valence-corrected chi connectivity index (χ1v) is 8.03. The van der Waals surface area contributed by atoms with Crippen LogP contribution in [0.25, 0.3) is 28.2 Å². The molecule has 0 bridgehead atoms. The van der Waals surface area contributed by atoms with E-state index in [9.17, 15) is 17.6 Å². The molecule has 27 heavy (non-hydrogen) atoms. The molecule has 1 aromatic carbocycles. The van der Waals surface area contributed by atoms with E-state index < -0.39 is 17.7 Å². The van der Waals surface area contributed by atoms with Crippen molar-refractivity contribution >= 4 is 17.2 Å². The van der Waals surface area contributed by atoms with Gasteiger partial charge in [0.25, 0.3) is 0 Å². The molecule has 0 fully saturated rings. The van der Waals surface area contributed by atoms with Crippen molar-refractivity contribution in [3.8, 4) is 22.5 Å². The van der Waals surface area contributed by atoms with Gasteiger partial charge in [0.15, 0.2) is 5.65 Å². The van der Waals surface area contributed by atoms with Gasteiger partial charge in [-0.2, -0.15) is 13.2 Å². The van der Waals surface area contributed by atoms with Crippen LogP contribution in [0.3, 0.4) is 0 Å². The highest BCUT2D eigenvalue weighted by Crippen LogP contribution is 2.35. The molecule has 0 atom stereocenters. The van der Waals surface area contributed by atoms with Crippen LogP contribution < -0.4 is 0 Å². The van der Waals surface area contributed by atoms with E-state index in [0.717, 1.165) is 22.9 Å².